The van der Waals surface area contributed by atoms with Crippen molar-refractivity contribution in [2.24, 2.45) is 0 Å². The topological polar surface area (TPSA) is 76.7 Å². The minimum Gasteiger partial charge on any atom is -0.496 e. The van der Waals surface area contributed by atoms with Gasteiger partial charge >= 0.3 is 5.97 Å². The van der Waals surface area contributed by atoms with Gasteiger partial charge in [-0.05, 0) is 18.2 Å². The standard InChI is InChI=1S/C17H14O5S/c1-21-14-7-15-12(6-10(14)8-23-9-16(18)19)17(20)11-4-2-3-5-13(11)22-15/h2-7H,8-9H2,1H3,(H,18,19). The molecule has 3 aromatic rings. The number of carboxylic acid groups (broad SMARTS) is 1. The molecule has 0 aliphatic heterocycles. The van der Waals surface area contributed by atoms with Gasteiger partial charge in [-0.1, -0.05) is 12.1 Å². The number of carboxylic acids is 1. The first kappa shape index (κ1) is 15.4. The Labute approximate surface area is 135 Å². The highest BCUT2D eigenvalue weighted by molar-refractivity contribution is 7.99. The van der Waals surface area contributed by atoms with Crippen LogP contribution in [0.25, 0.3) is 21.9 Å². The molecule has 1 heterocycles. The summed E-state index contributed by atoms with van der Waals surface area (Å²) in [4.78, 5) is 23.3. The average molecular weight is 330 g/mol. The molecule has 0 bridgehead atoms. The molecule has 23 heavy (non-hydrogen) atoms. The zero-order valence-corrected chi connectivity index (χ0v) is 13.2. The predicted octanol–water partition coefficient (Wildman–Crippen LogP) is 3.27. The molecule has 118 valence electrons. The minimum absolute atomic E-state index is 0.00643. The lowest BCUT2D eigenvalue weighted by Gasteiger charge is -2.10. The first-order chi connectivity index (χ1) is 11.1. The molecule has 0 aliphatic carbocycles. The van der Waals surface area contributed by atoms with E-state index >= 15 is 0 Å². The average Bonchev–Trinajstić information content (AvgIpc) is 2.54. The Bertz CT molecular complexity index is 945. The van der Waals surface area contributed by atoms with E-state index in [1.807, 2.05) is 6.07 Å². The number of methoxy groups -OCH3 is 1. The molecule has 0 atom stereocenters. The Morgan fingerprint density at radius 2 is 2.00 bits per heavy atom. The second-order valence-corrected chi connectivity index (χ2v) is 5.96. The van der Waals surface area contributed by atoms with Gasteiger partial charge in [-0.3, -0.25) is 9.59 Å². The third kappa shape index (κ3) is 3.03. The highest BCUT2D eigenvalue weighted by Crippen LogP contribution is 2.29. The highest BCUT2D eigenvalue weighted by atomic mass is 32.2. The molecule has 0 amide bonds. The van der Waals surface area contributed by atoms with Crippen molar-refractivity contribution in [2.75, 3.05) is 12.9 Å². The Morgan fingerprint density at radius 3 is 2.74 bits per heavy atom. The Balaban J connectivity index is 2.14. The lowest BCUT2D eigenvalue weighted by atomic mass is 10.1. The van der Waals surface area contributed by atoms with Crippen LogP contribution in [-0.2, 0) is 10.5 Å². The molecule has 0 saturated carbocycles. The summed E-state index contributed by atoms with van der Waals surface area (Å²) >= 11 is 1.25. The molecule has 0 unspecified atom stereocenters. The number of fused-ring (bicyclic) bond motifs is 2. The van der Waals surface area contributed by atoms with Crippen LogP contribution in [0, 0.1) is 0 Å². The van der Waals surface area contributed by atoms with Crippen LogP contribution in [0.15, 0.2) is 45.6 Å². The number of para-hydroxylation sites is 1. The van der Waals surface area contributed by atoms with Crippen LogP contribution in [0.1, 0.15) is 5.56 Å². The van der Waals surface area contributed by atoms with Crippen LogP contribution in [0.5, 0.6) is 5.75 Å². The van der Waals surface area contributed by atoms with Gasteiger partial charge in [0, 0.05) is 17.4 Å². The Hall–Kier alpha value is -2.47. The highest BCUT2D eigenvalue weighted by Gasteiger charge is 2.13. The summed E-state index contributed by atoms with van der Waals surface area (Å²) in [5.74, 6) is 0.139. The van der Waals surface area contributed by atoms with Gasteiger partial charge in [0.05, 0.1) is 23.6 Å². The SMILES string of the molecule is COc1cc2oc3ccccc3c(=O)c2cc1CSCC(=O)O. The third-order valence-electron chi connectivity index (χ3n) is 3.46. The minimum atomic E-state index is -0.875. The van der Waals surface area contributed by atoms with Gasteiger partial charge in [0.2, 0.25) is 5.43 Å². The quantitative estimate of drug-likeness (QED) is 0.724. The molecule has 3 rings (SSSR count). The van der Waals surface area contributed by atoms with Crippen LogP contribution in [0.3, 0.4) is 0 Å². The second-order valence-electron chi connectivity index (χ2n) is 4.97. The molecule has 2 aromatic carbocycles. The summed E-state index contributed by atoms with van der Waals surface area (Å²) in [5.41, 5.74) is 1.65. The number of ether oxygens (including phenoxy) is 1. The van der Waals surface area contributed by atoms with E-state index < -0.39 is 5.97 Å². The normalized spacial score (nSPS) is 11.0. The molecule has 0 saturated heterocycles. The first-order valence-electron chi connectivity index (χ1n) is 6.92. The molecule has 0 radical (unpaired) electrons. The lowest BCUT2D eigenvalue weighted by Crippen LogP contribution is -2.04. The molecule has 0 fully saturated rings. The largest absolute Gasteiger partial charge is 0.496 e. The maximum Gasteiger partial charge on any atom is 0.313 e. The van der Waals surface area contributed by atoms with E-state index in [1.54, 1.807) is 30.3 Å². The second kappa shape index (κ2) is 6.34. The van der Waals surface area contributed by atoms with Gasteiger partial charge < -0.3 is 14.3 Å². The zero-order chi connectivity index (χ0) is 16.4. The maximum atomic E-state index is 12.6. The Morgan fingerprint density at radius 1 is 1.22 bits per heavy atom. The van der Waals surface area contributed by atoms with Crippen LogP contribution < -0.4 is 10.2 Å². The fraction of sp³-hybridized carbons (Fsp3) is 0.176. The lowest BCUT2D eigenvalue weighted by molar-refractivity contribution is -0.133. The summed E-state index contributed by atoms with van der Waals surface area (Å²) in [6, 6.07) is 10.5. The summed E-state index contributed by atoms with van der Waals surface area (Å²) in [5, 5.41) is 9.73. The Kier molecular flexibility index (Phi) is 4.25. The molecular formula is C17H14O5S. The van der Waals surface area contributed by atoms with Crippen LogP contribution >= 0.6 is 11.8 Å². The van der Waals surface area contributed by atoms with E-state index in [1.165, 1.54) is 18.9 Å². The van der Waals surface area contributed by atoms with E-state index in [-0.39, 0.29) is 11.2 Å². The van der Waals surface area contributed by atoms with Gasteiger partial charge in [0.25, 0.3) is 0 Å². The van der Waals surface area contributed by atoms with Crippen molar-refractivity contribution in [3.63, 3.8) is 0 Å². The number of carbonyl (C=O) groups is 1. The zero-order valence-electron chi connectivity index (χ0n) is 12.4. The molecule has 6 heteroatoms. The van der Waals surface area contributed by atoms with E-state index in [0.29, 0.717) is 33.4 Å². The predicted molar refractivity (Wildman–Crippen MR) is 90.3 cm³/mol. The third-order valence-corrected chi connectivity index (χ3v) is 4.43. The van der Waals surface area contributed by atoms with Crippen molar-refractivity contribution in [1.29, 1.82) is 0 Å². The van der Waals surface area contributed by atoms with E-state index in [2.05, 4.69) is 0 Å². The summed E-state index contributed by atoms with van der Waals surface area (Å²) in [7, 11) is 1.53. The number of hydrogen-bond donors (Lipinski definition) is 1. The van der Waals surface area contributed by atoms with Gasteiger partial charge in [0.1, 0.15) is 16.9 Å². The van der Waals surface area contributed by atoms with Gasteiger partial charge in [-0.25, -0.2) is 0 Å². The molecule has 5 nitrogen and oxygen atoms in total. The summed E-state index contributed by atoms with van der Waals surface area (Å²) in [6.07, 6.45) is 0. The number of benzene rings is 2. The van der Waals surface area contributed by atoms with Crippen LogP contribution in [0.4, 0.5) is 0 Å². The van der Waals surface area contributed by atoms with Crippen LogP contribution in [0.2, 0.25) is 0 Å². The number of hydrogen-bond acceptors (Lipinski definition) is 5. The van der Waals surface area contributed by atoms with Gasteiger partial charge in [0.15, 0.2) is 0 Å². The smallest absolute Gasteiger partial charge is 0.313 e. The van der Waals surface area contributed by atoms with Crippen molar-refractivity contribution in [1.82, 2.24) is 0 Å². The molecule has 0 aliphatic rings. The maximum absolute atomic E-state index is 12.6. The van der Waals surface area contributed by atoms with Crippen molar-refractivity contribution in [3.8, 4) is 5.75 Å². The molecule has 0 spiro atoms. The monoisotopic (exact) mass is 330 g/mol. The molecule has 1 N–H and O–H groups in total. The van der Waals surface area contributed by atoms with E-state index in [9.17, 15) is 9.59 Å². The number of aliphatic carboxylic acids is 1. The number of thioether (sulfide) groups is 1. The van der Waals surface area contributed by atoms with Gasteiger partial charge in [-0.15, -0.1) is 11.8 Å². The van der Waals surface area contributed by atoms with Crippen molar-refractivity contribution in [3.05, 3.63) is 52.2 Å². The first-order valence-corrected chi connectivity index (χ1v) is 8.07. The molecule has 1 aromatic heterocycles. The van der Waals surface area contributed by atoms with Crippen molar-refractivity contribution in [2.45, 2.75) is 5.75 Å². The van der Waals surface area contributed by atoms with Crippen molar-refractivity contribution >= 4 is 39.7 Å². The van der Waals surface area contributed by atoms with Gasteiger partial charge in [-0.2, -0.15) is 0 Å². The summed E-state index contributed by atoms with van der Waals surface area (Å²) < 4.78 is 11.1. The fourth-order valence-electron chi connectivity index (χ4n) is 2.43. The fourth-order valence-corrected chi connectivity index (χ4v) is 3.15. The summed E-state index contributed by atoms with van der Waals surface area (Å²) in [6.45, 7) is 0. The van der Waals surface area contributed by atoms with Crippen molar-refractivity contribution < 1.29 is 19.1 Å². The van der Waals surface area contributed by atoms with E-state index in [4.69, 9.17) is 14.3 Å². The van der Waals surface area contributed by atoms with Crippen LogP contribution in [-0.4, -0.2) is 23.9 Å². The molecular weight excluding hydrogens is 316 g/mol. The number of rotatable bonds is 5. The van der Waals surface area contributed by atoms with E-state index in [0.717, 1.165) is 5.56 Å².